The molecule has 8 heavy (non-hydrogen) atoms. The average molecular weight is 117 g/mol. The van der Waals surface area contributed by atoms with E-state index in [1.165, 1.54) is 0 Å². The van der Waals surface area contributed by atoms with E-state index in [-0.39, 0.29) is 5.60 Å². The van der Waals surface area contributed by atoms with E-state index in [1.807, 2.05) is 0 Å². The molecule has 1 aliphatic heterocycles. The van der Waals surface area contributed by atoms with Gasteiger partial charge in [-0.05, 0) is 0 Å². The van der Waals surface area contributed by atoms with Crippen molar-refractivity contribution in [1.82, 2.24) is 0 Å². The van der Waals surface area contributed by atoms with Gasteiger partial charge >= 0.3 is 0 Å². The summed E-state index contributed by atoms with van der Waals surface area (Å²) in [5.41, 5.74) is 5.24. The first-order valence-corrected chi connectivity index (χ1v) is 2.66. The highest BCUT2D eigenvalue weighted by Crippen LogP contribution is 2.18. The van der Waals surface area contributed by atoms with Crippen LogP contribution in [0.5, 0.6) is 0 Å². The Morgan fingerprint density at radius 3 is 2.38 bits per heavy atom. The first-order valence-electron chi connectivity index (χ1n) is 2.66. The largest absolute Gasteiger partial charge is 0.375 e. The minimum atomic E-state index is -0.139. The molecule has 1 saturated heterocycles. The van der Waals surface area contributed by atoms with Gasteiger partial charge in [-0.1, -0.05) is 0 Å². The van der Waals surface area contributed by atoms with Crippen LogP contribution in [0.4, 0.5) is 0 Å². The van der Waals surface area contributed by atoms with E-state index in [0.717, 1.165) is 0 Å². The molecule has 0 aromatic carbocycles. The van der Waals surface area contributed by atoms with E-state index in [2.05, 4.69) is 0 Å². The van der Waals surface area contributed by atoms with Gasteiger partial charge in [0, 0.05) is 13.7 Å². The Hall–Kier alpha value is -0.120. The molecule has 48 valence electrons. The predicted octanol–water partition coefficient (Wildman–Crippen LogP) is -0.639. The van der Waals surface area contributed by atoms with Crippen molar-refractivity contribution in [3.8, 4) is 0 Å². The maximum absolute atomic E-state index is 5.37. The number of methoxy groups -OCH3 is 1. The summed E-state index contributed by atoms with van der Waals surface area (Å²) in [4.78, 5) is 0. The second-order valence-corrected chi connectivity index (χ2v) is 2.08. The first-order chi connectivity index (χ1) is 3.83. The molecular weight excluding hydrogens is 106 g/mol. The Bertz CT molecular complexity index is 67.0. The molecule has 3 heteroatoms. The first kappa shape index (κ1) is 6.01. The Morgan fingerprint density at radius 1 is 1.75 bits per heavy atom. The SMILES string of the molecule is COC1(CN)COC1. The Labute approximate surface area is 48.8 Å². The van der Waals surface area contributed by atoms with E-state index < -0.39 is 0 Å². The number of nitrogens with two attached hydrogens (primary N) is 1. The van der Waals surface area contributed by atoms with Crippen molar-refractivity contribution in [3.63, 3.8) is 0 Å². The van der Waals surface area contributed by atoms with Gasteiger partial charge in [-0.25, -0.2) is 0 Å². The molecule has 0 radical (unpaired) electrons. The van der Waals surface area contributed by atoms with Crippen LogP contribution in [0.15, 0.2) is 0 Å². The van der Waals surface area contributed by atoms with Crippen molar-refractivity contribution < 1.29 is 9.47 Å². The molecule has 1 rings (SSSR count). The van der Waals surface area contributed by atoms with Gasteiger partial charge in [0.15, 0.2) is 0 Å². The zero-order valence-electron chi connectivity index (χ0n) is 5.02. The summed E-state index contributed by atoms with van der Waals surface area (Å²) < 4.78 is 9.99. The van der Waals surface area contributed by atoms with Gasteiger partial charge in [0.1, 0.15) is 5.60 Å². The summed E-state index contributed by atoms with van der Waals surface area (Å²) in [5, 5.41) is 0. The topological polar surface area (TPSA) is 44.5 Å². The molecule has 3 nitrogen and oxygen atoms in total. The summed E-state index contributed by atoms with van der Waals surface area (Å²) >= 11 is 0. The minimum absolute atomic E-state index is 0.139. The molecular formula is C5H11NO2. The highest BCUT2D eigenvalue weighted by Gasteiger charge is 2.36. The van der Waals surface area contributed by atoms with Crippen LogP contribution in [0.25, 0.3) is 0 Å². The van der Waals surface area contributed by atoms with Gasteiger partial charge in [-0.2, -0.15) is 0 Å². The molecule has 0 atom stereocenters. The van der Waals surface area contributed by atoms with Crippen molar-refractivity contribution in [2.24, 2.45) is 5.73 Å². The van der Waals surface area contributed by atoms with Crippen molar-refractivity contribution in [2.45, 2.75) is 5.60 Å². The lowest BCUT2D eigenvalue weighted by atomic mass is 10.0. The lowest BCUT2D eigenvalue weighted by Gasteiger charge is -2.38. The van der Waals surface area contributed by atoms with Gasteiger partial charge in [-0.3, -0.25) is 0 Å². The van der Waals surface area contributed by atoms with E-state index in [0.29, 0.717) is 19.8 Å². The van der Waals surface area contributed by atoms with E-state index >= 15 is 0 Å². The molecule has 0 amide bonds. The van der Waals surface area contributed by atoms with Crippen LogP contribution in [0.1, 0.15) is 0 Å². The molecule has 1 aliphatic rings. The van der Waals surface area contributed by atoms with Gasteiger partial charge in [0.05, 0.1) is 13.2 Å². The average Bonchev–Trinajstić information content (AvgIpc) is 1.67. The molecule has 0 bridgehead atoms. The Kier molecular flexibility index (Phi) is 1.51. The fraction of sp³-hybridized carbons (Fsp3) is 1.00. The second-order valence-electron chi connectivity index (χ2n) is 2.08. The van der Waals surface area contributed by atoms with E-state index in [1.54, 1.807) is 7.11 Å². The molecule has 0 unspecified atom stereocenters. The molecule has 0 spiro atoms. The van der Waals surface area contributed by atoms with E-state index in [4.69, 9.17) is 15.2 Å². The zero-order chi connectivity index (χ0) is 6.04. The third-order valence-electron chi connectivity index (χ3n) is 1.54. The molecule has 0 saturated carbocycles. The summed E-state index contributed by atoms with van der Waals surface area (Å²) in [6, 6.07) is 0. The third kappa shape index (κ3) is 0.727. The highest BCUT2D eigenvalue weighted by molar-refractivity contribution is 4.87. The quantitative estimate of drug-likeness (QED) is 0.523. The molecule has 2 N–H and O–H groups in total. The van der Waals surface area contributed by atoms with Crippen LogP contribution < -0.4 is 5.73 Å². The fourth-order valence-corrected chi connectivity index (χ4v) is 0.649. The summed E-state index contributed by atoms with van der Waals surface area (Å²) in [7, 11) is 1.66. The van der Waals surface area contributed by atoms with Gasteiger partial charge < -0.3 is 15.2 Å². The fourth-order valence-electron chi connectivity index (χ4n) is 0.649. The van der Waals surface area contributed by atoms with Gasteiger partial charge in [0.25, 0.3) is 0 Å². The predicted molar refractivity (Wildman–Crippen MR) is 29.6 cm³/mol. The maximum atomic E-state index is 5.37. The van der Waals surface area contributed by atoms with Gasteiger partial charge in [-0.15, -0.1) is 0 Å². The Balaban J connectivity index is 2.33. The summed E-state index contributed by atoms with van der Waals surface area (Å²) in [6.45, 7) is 1.86. The number of ether oxygens (including phenoxy) is 2. The van der Waals surface area contributed by atoms with Crippen LogP contribution in [0.3, 0.4) is 0 Å². The van der Waals surface area contributed by atoms with Crippen molar-refractivity contribution in [3.05, 3.63) is 0 Å². The van der Waals surface area contributed by atoms with Crippen LogP contribution in [-0.4, -0.2) is 32.5 Å². The zero-order valence-corrected chi connectivity index (χ0v) is 5.02. The third-order valence-corrected chi connectivity index (χ3v) is 1.54. The monoisotopic (exact) mass is 117 g/mol. The van der Waals surface area contributed by atoms with Crippen LogP contribution in [-0.2, 0) is 9.47 Å². The second kappa shape index (κ2) is 2.01. The van der Waals surface area contributed by atoms with Crippen LogP contribution in [0, 0.1) is 0 Å². The van der Waals surface area contributed by atoms with Gasteiger partial charge in [0.2, 0.25) is 0 Å². The standard InChI is InChI=1S/C5H11NO2/c1-7-5(2-6)3-8-4-5/h2-4,6H2,1H3. The van der Waals surface area contributed by atoms with Crippen LogP contribution >= 0.6 is 0 Å². The normalized spacial score (nSPS) is 24.8. The molecule has 1 heterocycles. The highest BCUT2D eigenvalue weighted by atomic mass is 16.6. The number of hydrogen-bond acceptors (Lipinski definition) is 3. The molecule has 0 aromatic rings. The lowest BCUT2D eigenvalue weighted by molar-refractivity contribution is -0.188. The van der Waals surface area contributed by atoms with Crippen LogP contribution in [0.2, 0.25) is 0 Å². The lowest BCUT2D eigenvalue weighted by Crippen LogP contribution is -2.56. The summed E-state index contributed by atoms with van der Waals surface area (Å²) in [5.74, 6) is 0. The minimum Gasteiger partial charge on any atom is -0.375 e. The summed E-state index contributed by atoms with van der Waals surface area (Å²) in [6.07, 6.45) is 0. The van der Waals surface area contributed by atoms with E-state index in [9.17, 15) is 0 Å². The van der Waals surface area contributed by atoms with Crippen molar-refractivity contribution in [2.75, 3.05) is 26.9 Å². The van der Waals surface area contributed by atoms with Crippen molar-refractivity contribution in [1.29, 1.82) is 0 Å². The Morgan fingerprint density at radius 2 is 2.38 bits per heavy atom. The smallest absolute Gasteiger partial charge is 0.126 e. The molecule has 1 fully saturated rings. The van der Waals surface area contributed by atoms with Crippen molar-refractivity contribution >= 4 is 0 Å². The molecule has 0 aliphatic carbocycles. The maximum Gasteiger partial charge on any atom is 0.126 e. The number of rotatable bonds is 2. The molecule has 0 aromatic heterocycles. The number of hydrogen-bond donors (Lipinski definition) is 1.